The van der Waals surface area contributed by atoms with Crippen LogP contribution >= 0.6 is 22.6 Å². The van der Waals surface area contributed by atoms with Gasteiger partial charge in [0.05, 0.1) is 0 Å². The molecule has 0 unspecified atom stereocenters. The van der Waals surface area contributed by atoms with Gasteiger partial charge in [-0.05, 0) is 83.3 Å². The topological polar surface area (TPSA) is 64.6 Å². The average molecular weight is 569 g/mol. The molecule has 0 fully saturated rings. The van der Waals surface area contributed by atoms with Gasteiger partial charge in [0.2, 0.25) is 0 Å². The number of ether oxygens (including phenoxy) is 2. The van der Waals surface area contributed by atoms with Gasteiger partial charge in [0.15, 0.2) is 0 Å². The van der Waals surface area contributed by atoms with Crippen LogP contribution < -0.4 is 5.32 Å². The van der Waals surface area contributed by atoms with Crippen molar-refractivity contribution in [3.63, 3.8) is 0 Å². The zero-order valence-corrected chi connectivity index (χ0v) is 21.7. The van der Waals surface area contributed by atoms with Gasteiger partial charge in [0, 0.05) is 15.9 Å². The molecule has 0 bridgehead atoms. The molecule has 1 amide bonds. The molecule has 176 valence electrons. The zero-order chi connectivity index (χ0) is 24.3. The first-order chi connectivity index (χ1) is 16.2. The van der Waals surface area contributed by atoms with Gasteiger partial charge < -0.3 is 14.8 Å². The number of rotatable bonds is 6. The number of carbonyl (C=O) groups excluding carboxylic acids is 2. The van der Waals surface area contributed by atoms with Crippen molar-refractivity contribution < 1.29 is 19.1 Å². The van der Waals surface area contributed by atoms with Gasteiger partial charge in [-0.2, -0.15) is 0 Å². The average Bonchev–Trinajstić information content (AvgIpc) is 3.11. The Morgan fingerprint density at radius 3 is 2.03 bits per heavy atom. The highest BCUT2D eigenvalue weighted by Crippen LogP contribution is 2.44. The molecular formula is C28H28INO4. The highest BCUT2D eigenvalue weighted by atomic mass is 127. The summed E-state index contributed by atoms with van der Waals surface area (Å²) in [5, 5.41) is 2.74. The Labute approximate surface area is 214 Å². The molecule has 0 spiro atoms. The quantitative estimate of drug-likeness (QED) is 0.289. The molecule has 34 heavy (non-hydrogen) atoms. The van der Waals surface area contributed by atoms with Gasteiger partial charge >= 0.3 is 12.1 Å². The Bertz CT molecular complexity index is 1140. The molecule has 1 aliphatic carbocycles. The molecule has 0 saturated heterocycles. The van der Waals surface area contributed by atoms with Crippen LogP contribution in [-0.2, 0) is 20.7 Å². The number of carbonyl (C=O) groups is 2. The molecule has 3 aromatic rings. The lowest BCUT2D eigenvalue weighted by atomic mass is 9.98. The van der Waals surface area contributed by atoms with E-state index < -0.39 is 23.7 Å². The fraction of sp³-hybridized carbons (Fsp3) is 0.286. The normalized spacial score (nSPS) is 13.5. The zero-order valence-electron chi connectivity index (χ0n) is 19.5. The number of alkyl carbamates (subject to hydrolysis) is 1. The Morgan fingerprint density at radius 1 is 0.912 bits per heavy atom. The van der Waals surface area contributed by atoms with Crippen molar-refractivity contribution in [1.29, 1.82) is 0 Å². The summed E-state index contributed by atoms with van der Waals surface area (Å²) >= 11 is 2.23. The van der Waals surface area contributed by atoms with Crippen molar-refractivity contribution in [3.05, 3.63) is 93.1 Å². The Hall–Kier alpha value is -2.87. The summed E-state index contributed by atoms with van der Waals surface area (Å²) in [4.78, 5) is 25.7. The van der Waals surface area contributed by atoms with E-state index in [2.05, 4.69) is 52.2 Å². The SMILES string of the molecule is CC(C)(C)OC(=O)[C@H](Cc1ccc(I)cc1)NC(=O)OCC1c2ccccc2-c2ccccc21. The third-order valence-corrected chi connectivity index (χ3v) is 6.40. The minimum Gasteiger partial charge on any atom is -0.458 e. The van der Waals surface area contributed by atoms with E-state index >= 15 is 0 Å². The Kier molecular flexibility index (Phi) is 7.26. The highest BCUT2D eigenvalue weighted by molar-refractivity contribution is 14.1. The first-order valence-electron chi connectivity index (χ1n) is 11.3. The summed E-state index contributed by atoms with van der Waals surface area (Å²) in [6.07, 6.45) is -0.320. The second-order valence-corrected chi connectivity index (χ2v) is 10.6. The summed E-state index contributed by atoms with van der Waals surface area (Å²) < 4.78 is 12.3. The van der Waals surface area contributed by atoms with E-state index in [9.17, 15) is 9.59 Å². The minimum absolute atomic E-state index is 0.0469. The monoisotopic (exact) mass is 569 g/mol. The molecule has 1 N–H and O–H groups in total. The van der Waals surface area contributed by atoms with Gasteiger partial charge in [0.25, 0.3) is 0 Å². The predicted molar refractivity (Wildman–Crippen MR) is 141 cm³/mol. The molecule has 6 heteroatoms. The largest absolute Gasteiger partial charge is 0.458 e. The number of hydrogen-bond donors (Lipinski definition) is 1. The maximum Gasteiger partial charge on any atom is 0.407 e. The van der Waals surface area contributed by atoms with Crippen LogP contribution in [0.3, 0.4) is 0 Å². The Balaban J connectivity index is 1.46. The lowest BCUT2D eigenvalue weighted by Crippen LogP contribution is -2.46. The standard InChI is InChI=1S/C28H28INO4/c1-28(2,3)34-26(31)25(16-18-12-14-19(29)15-13-18)30-27(32)33-17-24-22-10-6-4-8-20(22)21-9-5-7-11-23(21)24/h4-15,24-25H,16-17H2,1-3H3,(H,30,32)/t25-/m0/s1. The van der Waals surface area contributed by atoms with Gasteiger partial charge in [-0.15, -0.1) is 0 Å². The van der Waals surface area contributed by atoms with Crippen LogP contribution in [0.5, 0.6) is 0 Å². The van der Waals surface area contributed by atoms with Crippen LogP contribution in [0.25, 0.3) is 11.1 Å². The molecule has 0 radical (unpaired) electrons. The third kappa shape index (κ3) is 5.78. The van der Waals surface area contributed by atoms with E-state index in [0.717, 1.165) is 31.4 Å². The van der Waals surface area contributed by atoms with Gasteiger partial charge in [-0.3, -0.25) is 0 Å². The van der Waals surface area contributed by atoms with Crippen LogP contribution in [0, 0.1) is 3.57 Å². The van der Waals surface area contributed by atoms with E-state index in [1.165, 1.54) is 0 Å². The van der Waals surface area contributed by atoms with Crippen molar-refractivity contribution in [1.82, 2.24) is 5.32 Å². The second-order valence-electron chi connectivity index (χ2n) is 9.39. The van der Waals surface area contributed by atoms with Gasteiger partial charge in [0.1, 0.15) is 18.2 Å². The molecule has 0 aromatic heterocycles. The van der Waals surface area contributed by atoms with Crippen LogP contribution in [0.15, 0.2) is 72.8 Å². The van der Waals surface area contributed by atoms with E-state index in [0.29, 0.717) is 6.42 Å². The van der Waals surface area contributed by atoms with E-state index in [-0.39, 0.29) is 12.5 Å². The number of amides is 1. The predicted octanol–water partition coefficient (Wildman–Crippen LogP) is 6.08. The first-order valence-corrected chi connectivity index (χ1v) is 12.4. The molecule has 3 aromatic carbocycles. The van der Waals surface area contributed by atoms with Crippen molar-refractivity contribution in [3.8, 4) is 11.1 Å². The first kappa shape index (κ1) is 24.3. The molecule has 1 aliphatic rings. The van der Waals surface area contributed by atoms with Crippen LogP contribution in [-0.4, -0.2) is 30.3 Å². The maximum absolute atomic E-state index is 12.9. The summed E-state index contributed by atoms with van der Waals surface area (Å²) in [5.74, 6) is -0.533. The summed E-state index contributed by atoms with van der Waals surface area (Å²) in [5.41, 5.74) is 4.87. The van der Waals surface area contributed by atoms with Crippen molar-refractivity contribution in [2.45, 2.75) is 44.8 Å². The molecule has 0 aliphatic heterocycles. The van der Waals surface area contributed by atoms with Crippen molar-refractivity contribution >= 4 is 34.7 Å². The summed E-state index contributed by atoms with van der Waals surface area (Å²) in [6, 6.07) is 23.3. The number of nitrogens with one attached hydrogen (secondary N) is 1. The second kappa shape index (κ2) is 10.2. The summed E-state index contributed by atoms with van der Waals surface area (Å²) in [7, 11) is 0. The smallest absolute Gasteiger partial charge is 0.407 e. The van der Waals surface area contributed by atoms with Crippen LogP contribution in [0.4, 0.5) is 4.79 Å². The molecule has 0 heterocycles. The number of fused-ring (bicyclic) bond motifs is 3. The molecule has 4 rings (SSSR count). The molecule has 0 saturated carbocycles. The maximum atomic E-state index is 12.9. The number of halogens is 1. The van der Waals surface area contributed by atoms with Crippen LogP contribution in [0.2, 0.25) is 0 Å². The lowest BCUT2D eigenvalue weighted by Gasteiger charge is -2.25. The third-order valence-electron chi connectivity index (χ3n) is 5.68. The summed E-state index contributed by atoms with van der Waals surface area (Å²) in [6.45, 7) is 5.60. The van der Waals surface area contributed by atoms with E-state index in [4.69, 9.17) is 9.47 Å². The fourth-order valence-corrected chi connectivity index (χ4v) is 4.56. The number of benzene rings is 3. The molecule has 5 nitrogen and oxygen atoms in total. The van der Waals surface area contributed by atoms with E-state index in [1.54, 1.807) is 20.8 Å². The van der Waals surface area contributed by atoms with Crippen LogP contribution in [0.1, 0.15) is 43.4 Å². The van der Waals surface area contributed by atoms with Gasteiger partial charge in [-0.25, -0.2) is 9.59 Å². The van der Waals surface area contributed by atoms with Gasteiger partial charge in [-0.1, -0.05) is 60.7 Å². The van der Waals surface area contributed by atoms with Crippen molar-refractivity contribution in [2.75, 3.05) is 6.61 Å². The molecule has 1 atom stereocenters. The lowest BCUT2D eigenvalue weighted by molar-refractivity contribution is -0.157. The Morgan fingerprint density at radius 2 is 1.47 bits per heavy atom. The highest BCUT2D eigenvalue weighted by Gasteiger charge is 2.31. The fourth-order valence-electron chi connectivity index (χ4n) is 4.20. The van der Waals surface area contributed by atoms with E-state index in [1.807, 2.05) is 48.5 Å². The number of hydrogen-bond acceptors (Lipinski definition) is 4. The minimum atomic E-state index is -0.852. The number of esters is 1. The molecular weight excluding hydrogens is 541 g/mol. The van der Waals surface area contributed by atoms with Crippen molar-refractivity contribution in [2.24, 2.45) is 0 Å².